The summed E-state index contributed by atoms with van der Waals surface area (Å²) in [4.78, 5) is 11.6. The number of aryl methyl sites for hydroxylation is 1. The Labute approximate surface area is 175 Å². The number of aromatic nitrogens is 3. The minimum absolute atomic E-state index is 0.873. The van der Waals surface area contributed by atoms with Crippen LogP contribution in [0, 0.1) is 0 Å². The van der Waals surface area contributed by atoms with Gasteiger partial charge in [-0.3, -0.25) is 9.55 Å². The van der Waals surface area contributed by atoms with Gasteiger partial charge in [0.25, 0.3) is 0 Å². The third kappa shape index (κ3) is 2.40. The van der Waals surface area contributed by atoms with E-state index in [1.807, 2.05) is 12.4 Å². The van der Waals surface area contributed by atoms with Gasteiger partial charge in [0.1, 0.15) is 5.82 Å². The predicted molar refractivity (Wildman–Crippen MR) is 122 cm³/mol. The molecule has 0 unspecified atom stereocenters. The number of benzene rings is 3. The Kier molecular flexibility index (Phi) is 3.71. The summed E-state index contributed by atoms with van der Waals surface area (Å²) in [6, 6.07) is 27.7. The topological polar surface area (TPSA) is 34.0 Å². The molecule has 0 atom stereocenters. The van der Waals surface area contributed by atoms with Crippen LogP contribution >= 0.6 is 0 Å². The number of rotatable bonds is 3. The third-order valence-corrected chi connectivity index (χ3v) is 5.75. The number of imidazole rings is 1. The summed E-state index contributed by atoms with van der Waals surface area (Å²) in [6.07, 6.45) is 4.55. The van der Waals surface area contributed by atoms with Crippen molar-refractivity contribution in [3.8, 4) is 16.8 Å². The van der Waals surface area contributed by atoms with Gasteiger partial charge >= 0.3 is 0 Å². The van der Waals surface area contributed by atoms with Gasteiger partial charge in [0.05, 0.1) is 28.1 Å². The Balaban J connectivity index is 1.74. The molecule has 0 aliphatic carbocycles. The van der Waals surface area contributed by atoms with Crippen LogP contribution in [0.25, 0.3) is 27.8 Å². The van der Waals surface area contributed by atoms with Gasteiger partial charge in [-0.25, -0.2) is 4.98 Å². The van der Waals surface area contributed by atoms with Crippen molar-refractivity contribution < 1.29 is 0 Å². The van der Waals surface area contributed by atoms with Gasteiger partial charge < -0.3 is 4.90 Å². The molecule has 0 saturated heterocycles. The highest BCUT2D eigenvalue weighted by Crippen LogP contribution is 2.48. The zero-order chi connectivity index (χ0) is 20.1. The van der Waals surface area contributed by atoms with Crippen LogP contribution in [0.5, 0.6) is 0 Å². The minimum atomic E-state index is 0.873. The number of hydrogen-bond acceptors (Lipinski definition) is 3. The molecule has 3 aromatic carbocycles. The first-order valence-corrected chi connectivity index (χ1v) is 10.3. The molecule has 4 heteroatoms. The summed E-state index contributed by atoms with van der Waals surface area (Å²) >= 11 is 0. The maximum Gasteiger partial charge on any atom is 0.114 e. The maximum atomic E-state index is 5.04. The molecule has 30 heavy (non-hydrogen) atoms. The lowest BCUT2D eigenvalue weighted by Gasteiger charge is -2.33. The van der Waals surface area contributed by atoms with Crippen molar-refractivity contribution in [1.29, 1.82) is 0 Å². The van der Waals surface area contributed by atoms with Crippen LogP contribution in [-0.2, 0) is 6.42 Å². The van der Waals surface area contributed by atoms with Gasteiger partial charge in [-0.15, -0.1) is 0 Å². The first-order valence-electron chi connectivity index (χ1n) is 10.3. The lowest BCUT2D eigenvalue weighted by molar-refractivity contribution is 0.900. The van der Waals surface area contributed by atoms with Crippen LogP contribution in [0.4, 0.5) is 17.1 Å². The highest BCUT2D eigenvalue weighted by atomic mass is 15.2. The van der Waals surface area contributed by atoms with E-state index in [0.29, 0.717) is 0 Å². The molecule has 0 fully saturated rings. The van der Waals surface area contributed by atoms with Gasteiger partial charge in [-0.2, -0.15) is 0 Å². The fraction of sp³-hybridized carbons (Fsp3) is 0.0769. The lowest BCUT2D eigenvalue weighted by atomic mass is 10.0. The predicted octanol–water partition coefficient (Wildman–Crippen LogP) is 6.43. The summed E-state index contributed by atoms with van der Waals surface area (Å²) in [7, 11) is 0. The summed E-state index contributed by atoms with van der Waals surface area (Å²) in [5, 5.41) is 0. The van der Waals surface area contributed by atoms with Crippen molar-refractivity contribution in [3.05, 3.63) is 97.1 Å². The molecule has 0 bridgehead atoms. The van der Waals surface area contributed by atoms with Crippen molar-refractivity contribution in [1.82, 2.24) is 14.5 Å². The Hall–Kier alpha value is -3.92. The summed E-state index contributed by atoms with van der Waals surface area (Å²) in [5.41, 5.74) is 9.09. The Bertz CT molecular complexity index is 1370. The zero-order valence-electron chi connectivity index (χ0n) is 16.7. The first kappa shape index (κ1) is 17.0. The van der Waals surface area contributed by atoms with Crippen LogP contribution in [0.2, 0.25) is 0 Å². The SMILES string of the molecule is CCc1nc2cc(-c3ccncc3)cc3c2n1-c1ccccc1N3c1ccccc1. The largest absolute Gasteiger partial charge is 0.306 e. The molecular formula is C26H20N4. The summed E-state index contributed by atoms with van der Waals surface area (Å²) in [5.74, 6) is 1.08. The fourth-order valence-corrected chi connectivity index (χ4v) is 4.44. The van der Waals surface area contributed by atoms with E-state index in [1.54, 1.807) is 0 Å². The molecule has 144 valence electrons. The second-order valence-corrected chi connectivity index (χ2v) is 7.48. The van der Waals surface area contributed by atoms with Crippen molar-refractivity contribution in [2.45, 2.75) is 13.3 Å². The molecule has 1 aliphatic rings. The standard InChI is InChI=1S/C26H20N4/c1-2-25-28-21-16-19(18-12-14-27-15-13-18)17-24-26(21)30(25)23-11-7-6-10-22(23)29(24)20-8-4-3-5-9-20/h3-17H,2H2,1H3. The lowest BCUT2D eigenvalue weighted by Crippen LogP contribution is -2.19. The average Bonchev–Trinajstić information content (AvgIpc) is 3.20. The Morgan fingerprint density at radius 2 is 1.47 bits per heavy atom. The molecule has 3 heterocycles. The first-order chi connectivity index (χ1) is 14.8. The van der Waals surface area contributed by atoms with E-state index in [9.17, 15) is 0 Å². The normalized spacial score (nSPS) is 12.2. The van der Waals surface area contributed by atoms with Crippen LogP contribution in [0.15, 0.2) is 91.3 Å². The molecule has 2 aromatic heterocycles. The summed E-state index contributed by atoms with van der Waals surface area (Å²) < 4.78 is 2.33. The van der Waals surface area contributed by atoms with Gasteiger partial charge in [0.2, 0.25) is 0 Å². The molecule has 0 saturated carbocycles. The zero-order valence-corrected chi connectivity index (χ0v) is 16.7. The minimum Gasteiger partial charge on any atom is -0.306 e. The smallest absolute Gasteiger partial charge is 0.114 e. The Morgan fingerprint density at radius 1 is 0.733 bits per heavy atom. The van der Waals surface area contributed by atoms with E-state index in [2.05, 4.69) is 100 Å². The van der Waals surface area contributed by atoms with Crippen molar-refractivity contribution in [2.24, 2.45) is 0 Å². The van der Waals surface area contributed by atoms with Gasteiger partial charge in [0, 0.05) is 24.5 Å². The van der Waals surface area contributed by atoms with Crippen molar-refractivity contribution >= 4 is 28.1 Å². The van der Waals surface area contributed by atoms with E-state index in [4.69, 9.17) is 4.98 Å². The van der Waals surface area contributed by atoms with Crippen molar-refractivity contribution in [3.63, 3.8) is 0 Å². The number of nitrogens with zero attached hydrogens (tertiary/aromatic N) is 4. The highest BCUT2D eigenvalue weighted by Gasteiger charge is 2.29. The van der Waals surface area contributed by atoms with Crippen LogP contribution < -0.4 is 4.90 Å². The molecule has 6 rings (SSSR count). The summed E-state index contributed by atoms with van der Waals surface area (Å²) in [6.45, 7) is 2.17. The molecule has 5 aromatic rings. The monoisotopic (exact) mass is 388 g/mol. The number of hydrogen-bond donors (Lipinski definition) is 0. The molecule has 0 spiro atoms. The van der Waals surface area contributed by atoms with Gasteiger partial charge in [-0.1, -0.05) is 37.3 Å². The Morgan fingerprint density at radius 3 is 2.23 bits per heavy atom. The quantitative estimate of drug-likeness (QED) is 0.350. The number of para-hydroxylation sites is 3. The fourth-order valence-electron chi connectivity index (χ4n) is 4.44. The number of fused-ring (bicyclic) bond motifs is 2. The van der Waals surface area contributed by atoms with E-state index in [0.717, 1.165) is 51.5 Å². The van der Waals surface area contributed by atoms with Crippen LogP contribution in [-0.4, -0.2) is 14.5 Å². The second kappa shape index (κ2) is 6.56. The van der Waals surface area contributed by atoms with Crippen LogP contribution in [0.3, 0.4) is 0 Å². The average molecular weight is 388 g/mol. The van der Waals surface area contributed by atoms with E-state index in [-0.39, 0.29) is 0 Å². The van der Waals surface area contributed by atoms with Gasteiger partial charge in [-0.05, 0) is 59.7 Å². The van der Waals surface area contributed by atoms with E-state index in [1.165, 1.54) is 5.69 Å². The van der Waals surface area contributed by atoms with E-state index >= 15 is 0 Å². The molecule has 0 amide bonds. The number of anilines is 3. The van der Waals surface area contributed by atoms with Gasteiger partial charge in [0.15, 0.2) is 0 Å². The molecule has 1 aliphatic heterocycles. The third-order valence-electron chi connectivity index (χ3n) is 5.75. The molecular weight excluding hydrogens is 368 g/mol. The van der Waals surface area contributed by atoms with Crippen LogP contribution in [0.1, 0.15) is 12.7 Å². The number of pyridine rings is 1. The molecule has 4 nitrogen and oxygen atoms in total. The maximum absolute atomic E-state index is 5.04. The molecule has 0 radical (unpaired) electrons. The van der Waals surface area contributed by atoms with E-state index < -0.39 is 0 Å². The molecule has 0 N–H and O–H groups in total. The highest BCUT2D eigenvalue weighted by molar-refractivity contribution is 6.03. The second-order valence-electron chi connectivity index (χ2n) is 7.48. The van der Waals surface area contributed by atoms with Crippen molar-refractivity contribution in [2.75, 3.05) is 4.90 Å².